The maximum Gasteiger partial charge on any atom is 0.231 e. The molecule has 0 radical (unpaired) electrons. The van der Waals surface area contributed by atoms with Gasteiger partial charge in [0.1, 0.15) is 0 Å². The van der Waals surface area contributed by atoms with Gasteiger partial charge in [0.25, 0.3) is 0 Å². The second-order valence-corrected chi connectivity index (χ2v) is 5.64. The van der Waals surface area contributed by atoms with Gasteiger partial charge < -0.3 is 14.4 Å². The molecule has 0 spiro atoms. The fourth-order valence-electron chi connectivity index (χ4n) is 2.81. The predicted molar refractivity (Wildman–Crippen MR) is 76.8 cm³/mol. The number of benzene rings is 1. The van der Waals surface area contributed by atoms with Crippen molar-refractivity contribution in [2.45, 2.75) is 12.8 Å². The highest BCUT2D eigenvalue weighted by molar-refractivity contribution is 6.03. The summed E-state index contributed by atoms with van der Waals surface area (Å²) in [6, 6.07) is 5.79. The van der Waals surface area contributed by atoms with Crippen LogP contribution in [0.2, 0.25) is 0 Å². The number of ketones is 1. The lowest BCUT2D eigenvalue weighted by atomic mass is 10.0. The Balaban J connectivity index is 1.78. The van der Waals surface area contributed by atoms with E-state index in [2.05, 4.69) is 4.90 Å². The molecule has 106 valence electrons. The van der Waals surface area contributed by atoms with Crippen molar-refractivity contribution in [2.75, 3.05) is 27.4 Å². The van der Waals surface area contributed by atoms with Crippen LogP contribution < -0.4 is 9.47 Å². The molecule has 20 heavy (non-hydrogen) atoms. The predicted octanol–water partition coefficient (Wildman–Crippen LogP) is 2.34. The first kappa shape index (κ1) is 13.2. The number of allylic oxidation sites excluding steroid dienone is 1. The highest BCUT2D eigenvalue weighted by Crippen LogP contribution is 2.34. The third kappa shape index (κ3) is 2.56. The summed E-state index contributed by atoms with van der Waals surface area (Å²) in [5.41, 5.74) is 1.93. The van der Waals surface area contributed by atoms with Gasteiger partial charge in [-0.3, -0.25) is 4.79 Å². The van der Waals surface area contributed by atoms with Crippen LogP contribution in [0.3, 0.4) is 0 Å². The summed E-state index contributed by atoms with van der Waals surface area (Å²) in [4.78, 5) is 14.4. The minimum Gasteiger partial charge on any atom is -0.454 e. The molecule has 3 rings (SSSR count). The van der Waals surface area contributed by atoms with Crippen LogP contribution in [0.4, 0.5) is 0 Å². The summed E-state index contributed by atoms with van der Waals surface area (Å²) in [5.74, 6) is 1.96. The zero-order valence-electron chi connectivity index (χ0n) is 11.9. The summed E-state index contributed by atoms with van der Waals surface area (Å²) in [5, 5.41) is 0. The summed E-state index contributed by atoms with van der Waals surface area (Å²) < 4.78 is 10.7. The number of ether oxygens (including phenoxy) is 2. The van der Waals surface area contributed by atoms with E-state index in [0.717, 1.165) is 42.0 Å². The first-order valence-corrected chi connectivity index (χ1v) is 6.92. The van der Waals surface area contributed by atoms with Crippen LogP contribution in [0.1, 0.15) is 18.4 Å². The van der Waals surface area contributed by atoms with Crippen molar-refractivity contribution in [2.24, 2.45) is 5.92 Å². The Bertz CT molecular complexity index is 563. The van der Waals surface area contributed by atoms with E-state index in [9.17, 15) is 4.79 Å². The summed E-state index contributed by atoms with van der Waals surface area (Å²) in [7, 11) is 4.01. The molecule has 1 fully saturated rings. The van der Waals surface area contributed by atoms with Gasteiger partial charge in [-0.25, -0.2) is 0 Å². The van der Waals surface area contributed by atoms with Crippen LogP contribution >= 0.6 is 0 Å². The third-order valence-corrected chi connectivity index (χ3v) is 3.77. The lowest BCUT2D eigenvalue weighted by Gasteiger charge is -2.13. The Labute approximate surface area is 119 Å². The minimum absolute atomic E-state index is 0.144. The molecule has 0 N–H and O–H groups in total. The average molecular weight is 273 g/mol. The molecule has 1 unspecified atom stereocenters. The van der Waals surface area contributed by atoms with E-state index in [1.807, 2.05) is 38.4 Å². The highest BCUT2D eigenvalue weighted by atomic mass is 16.7. The van der Waals surface area contributed by atoms with Crippen LogP contribution in [-0.2, 0) is 4.79 Å². The molecule has 4 nitrogen and oxygen atoms in total. The van der Waals surface area contributed by atoms with Crippen LogP contribution in [0, 0.1) is 5.92 Å². The van der Waals surface area contributed by atoms with E-state index in [0.29, 0.717) is 0 Å². The Morgan fingerprint density at radius 3 is 2.90 bits per heavy atom. The Morgan fingerprint density at radius 2 is 2.10 bits per heavy atom. The first-order valence-electron chi connectivity index (χ1n) is 6.92. The fraction of sp³-hybridized carbons (Fsp3) is 0.438. The van der Waals surface area contributed by atoms with Crippen molar-refractivity contribution < 1.29 is 14.3 Å². The molecule has 2 aliphatic rings. The molecule has 0 amide bonds. The molecule has 1 aromatic carbocycles. The lowest BCUT2D eigenvalue weighted by molar-refractivity contribution is -0.118. The van der Waals surface area contributed by atoms with Crippen molar-refractivity contribution in [3.05, 3.63) is 29.3 Å². The number of rotatable bonds is 3. The number of fused-ring (bicyclic) bond motifs is 1. The van der Waals surface area contributed by atoms with Gasteiger partial charge in [0.2, 0.25) is 6.79 Å². The van der Waals surface area contributed by atoms with Crippen molar-refractivity contribution in [3.63, 3.8) is 0 Å². The zero-order chi connectivity index (χ0) is 14.1. The number of carbonyl (C=O) groups is 1. The Hall–Kier alpha value is -1.81. The molecule has 1 heterocycles. The molecule has 1 saturated carbocycles. The molecule has 0 aromatic heterocycles. The molecule has 1 atom stereocenters. The van der Waals surface area contributed by atoms with Crippen molar-refractivity contribution in [1.29, 1.82) is 0 Å². The van der Waals surface area contributed by atoms with E-state index in [-0.39, 0.29) is 18.5 Å². The number of hydrogen-bond donors (Lipinski definition) is 0. The molecule has 1 aliphatic heterocycles. The fourth-order valence-corrected chi connectivity index (χ4v) is 2.81. The lowest BCUT2D eigenvalue weighted by Crippen LogP contribution is -2.24. The quantitative estimate of drug-likeness (QED) is 0.792. The van der Waals surface area contributed by atoms with Gasteiger partial charge >= 0.3 is 0 Å². The number of carbonyl (C=O) groups excluding carboxylic acids is 1. The van der Waals surface area contributed by atoms with E-state index in [1.54, 1.807) is 0 Å². The maximum absolute atomic E-state index is 12.3. The van der Waals surface area contributed by atoms with E-state index < -0.39 is 0 Å². The molecule has 0 saturated heterocycles. The van der Waals surface area contributed by atoms with Crippen LogP contribution in [0.15, 0.2) is 23.8 Å². The largest absolute Gasteiger partial charge is 0.454 e. The molecular formula is C16H19NO3. The van der Waals surface area contributed by atoms with Gasteiger partial charge in [0.15, 0.2) is 17.3 Å². The maximum atomic E-state index is 12.3. The molecular weight excluding hydrogens is 254 g/mol. The second kappa shape index (κ2) is 5.29. The van der Waals surface area contributed by atoms with Crippen LogP contribution in [0.25, 0.3) is 6.08 Å². The molecule has 4 heteroatoms. The summed E-state index contributed by atoms with van der Waals surface area (Å²) >= 11 is 0. The van der Waals surface area contributed by atoms with E-state index in [4.69, 9.17) is 9.47 Å². The molecule has 1 aromatic rings. The van der Waals surface area contributed by atoms with Crippen molar-refractivity contribution in [1.82, 2.24) is 4.90 Å². The van der Waals surface area contributed by atoms with Crippen LogP contribution in [-0.4, -0.2) is 38.1 Å². The summed E-state index contributed by atoms with van der Waals surface area (Å²) in [6.07, 6.45) is 3.80. The number of Topliss-reactive ketones (excluding diaryl/α,β-unsaturated/α-hetero) is 1. The topological polar surface area (TPSA) is 38.8 Å². The molecule has 0 bridgehead atoms. The van der Waals surface area contributed by atoms with Crippen molar-refractivity contribution in [3.8, 4) is 11.5 Å². The number of hydrogen-bond acceptors (Lipinski definition) is 4. The second-order valence-electron chi connectivity index (χ2n) is 5.64. The zero-order valence-corrected chi connectivity index (χ0v) is 11.9. The monoisotopic (exact) mass is 273 g/mol. The van der Waals surface area contributed by atoms with Gasteiger partial charge in [-0.1, -0.05) is 6.07 Å². The SMILES string of the molecule is CN(C)CC1CCC(=Cc2ccc3c(c2)OCO3)C1=O. The highest BCUT2D eigenvalue weighted by Gasteiger charge is 2.29. The standard InChI is InChI=1S/C16H19NO3/c1-17(2)9-13-5-4-12(16(13)18)7-11-3-6-14-15(8-11)20-10-19-14/h3,6-8,13H,4-5,9-10H2,1-2H3. The van der Waals surface area contributed by atoms with Crippen LogP contribution in [0.5, 0.6) is 11.5 Å². The van der Waals surface area contributed by atoms with E-state index >= 15 is 0 Å². The minimum atomic E-state index is 0.144. The van der Waals surface area contributed by atoms with E-state index in [1.165, 1.54) is 0 Å². The average Bonchev–Trinajstić information content (AvgIpc) is 2.99. The first-order chi connectivity index (χ1) is 9.63. The van der Waals surface area contributed by atoms with Gasteiger partial charge in [-0.15, -0.1) is 0 Å². The van der Waals surface area contributed by atoms with Gasteiger partial charge in [-0.2, -0.15) is 0 Å². The normalized spacial score (nSPS) is 23.1. The Morgan fingerprint density at radius 1 is 1.30 bits per heavy atom. The Kier molecular flexibility index (Phi) is 3.49. The van der Waals surface area contributed by atoms with Gasteiger partial charge in [0.05, 0.1) is 0 Å². The van der Waals surface area contributed by atoms with Crippen molar-refractivity contribution >= 4 is 11.9 Å². The third-order valence-electron chi connectivity index (χ3n) is 3.77. The smallest absolute Gasteiger partial charge is 0.231 e. The molecule has 1 aliphatic carbocycles. The summed E-state index contributed by atoms with van der Waals surface area (Å²) in [6.45, 7) is 1.11. The van der Waals surface area contributed by atoms with Gasteiger partial charge in [-0.05, 0) is 56.3 Å². The van der Waals surface area contributed by atoms with Gasteiger partial charge in [0, 0.05) is 12.5 Å². The number of nitrogens with zero attached hydrogens (tertiary/aromatic N) is 1.